The lowest BCUT2D eigenvalue weighted by Crippen LogP contribution is -2.67. The molecule has 0 aliphatic carbocycles. The lowest BCUT2D eigenvalue weighted by molar-refractivity contribution is -0.145. The van der Waals surface area contributed by atoms with Crippen LogP contribution < -0.4 is 10.0 Å². The quantitative estimate of drug-likeness (QED) is 0.286. The zero-order valence-electron chi connectivity index (χ0n) is 22.6. The average molecular weight is 601 g/mol. The third-order valence-corrected chi connectivity index (χ3v) is 10.2. The number of hydrogen-bond donors (Lipinski definition) is 0. The van der Waals surface area contributed by atoms with Crippen molar-refractivity contribution in [2.75, 3.05) is 16.6 Å². The summed E-state index contributed by atoms with van der Waals surface area (Å²) in [6.45, 7) is 3.09. The van der Waals surface area contributed by atoms with Crippen LogP contribution in [0.2, 0.25) is 0 Å². The van der Waals surface area contributed by atoms with Gasteiger partial charge in [0.15, 0.2) is 11.6 Å². The Kier molecular flexibility index (Phi) is 6.03. The number of amidine groups is 1. The van der Waals surface area contributed by atoms with Crippen LogP contribution in [0, 0.1) is 0 Å². The highest BCUT2D eigenvalue weighted by Gasteiger charge is 2.83. The fourth-order valence-corrected chi connectivity index (χ4v) is 7.94. The second-order valence-electron chi connectivity index (χ2n) is 10.3. The van der Waals surface area contributed by atoms with E-state index in [1.807, 2.05) is 34.0 Å². The molecule has 4 aliphatic rings. The Morgan fingerprint density at radius 2 is 1.67 bits per heavy atom. The Labute approximate surface area is 249 Å². The molecule has 2 aromatic carbocycles. The molecule has 5 heterocycles. The van der Waals surface area contributed by atoms with Crippen LogP contribution in [-0.4, -0.2) is 57.4 Å². The topological polar surface area (TPSA) is 109 Å². The highest BCUT2D eigenvalue weighted by atomic mass is 32.2. The molecule has 7 rings (SSSR count). The number of benzene rings is 2. The van der Waals surface area contributed by atoms with Crippen LogP contribution in [0.25, 0.3) is 0 Å². The number of ketones is 2. The normalized spacial score (nSPS) is 25.2. The predicted octanol–water partition coefficient (Wildman–Crippen LogP) is 4.39. The number of ether oxygens (including phenoxy) is 2. The molecule has 212 valence electrons. The summed E-state index contributed by atoms with van der Waals surface area (Å²) in [5.74, 6) is -1.53. The van der Waals surface area contributed by atoms with Crippen molar-refractivity contribution in [2.45, 2.75) is 36.9 Å². The molecule has 12 heteroatoms. The van der Waals surface area contributed by atoms with Crippen LogP contribution >= 0.6 is 23.1 Å². The van der Waals surface area contributed by atoms with E-state index >= 15 is 0 Å². The second kappa shape index (κ2) is 9.57. The van der Waals surface area contributed by atoms with Crippen molar-refractivity contribution in [3.8, 4) is 0 Å². The van der Waals surface area contributed by atoms with Crippen LogP contribution in [0.15, 0.2) is 82.6 Å². The van der Waals surface area contributed by atoms with E-state index in [0.717, 1.165) is 4.88 Å². The first-order valence-electron chi connectivity index (χ1n) is 13.2. The number of thioether (sulfide) groups is 1. The molecule has 10 nitrogen and oxygen atoms in total. The summed E-state index contributed by atoms with van der Waals surface area (Å²) in [6.07, 6.45) is 1.98. The van der Waals surface area contributed by atoms with E-state index < -0.39 is 28.4 Å². The number of cyclic esters (lactones) is 1. The summed E-state index contributed by atoms with van der Waals surface area (Å²) in [4.78, 5) is 52.8. The summed E-state index contributed by atoms with van der Waals surface area (Å²) >= 11 is 2.92. The maximum atomic E-state index is 14.1. The number of carbonyl (C=O) groups excluding carboxylic acids is 4. The Bertz CT molecular complexity index is 1690. The van der Waals surface area contributed by atoms with Crippen molar-refractivity contribution < 1.29 is 28.7 Å². The van der Waals surface area contributed by atoms with Gasteiger partial charge in [-0.05, 0) is 79.2 Å². The molecule has 2 saturated heterocycles. The number of anilines is 2. The first-order chi connectivity index (χ1) is 20.3. The van der Waals surface area contributed by atoms with E-state index in [0.29, 0.717) is 22.5 Å². The summed E-state index contributed by atoms with van der Waals surface area (Å²) in [7, 11) is 0. The van der Waals surface area contributed by atoms with Crippen molar-refractivity contribution in [3.63, 3.8) is 0 Å². The van der Waals surface area contributed by atoms with Crippen molar-refractivity contribution in [2.24, 2.45) is 5.10 Å². The summed E-state index contributed by atoms with van der Waals surface area (Å²) in [5, 5.41) is 13.6. The SMILES string of the molecule is CC(=O)c1ccc(N2[C@@H]3C=CS[C@@]34COC(=O)C43N(c4ccc(C(C)=O)cc4)N=C(C(=O)OCc4cccs4)N23)cc1. The minimum Gasteiger partial charge on any atom is -0.461 e. The first-order valence-corrected chi connectivity index (χ1v) is 15.0. The highest BCUT2D eigenvalue weighted by molar-refractivity contribution is 8.04. The summed E-state index contributed by atoms with van der Waals surface area (Å²) in [5.41, 5.74) is 0.621. The van der Waals surface area contributed by atoms with Crippen molar-refractivity contribution >= 4 is 63.8 Å². The Morgan fingerprint density at radius 3 is 2.29 bits per heavy atom. The lowest BCUT2D eigenvalue weighted by atomic mass is 9.88. The van der Waals surface area contributed by atoms with Crippen molar-refractivity contribution in [3.05, 3.63) is 93.5 Å². The Morgan fingerprint density at radius 1 is 1.00 bits per heavy atom. The Balaban J connectivity index is 1.40. The largest absolute Gasteiger partial charge is 0.461 e. The number of nitrogens with zero attached hydrogens (tertiary/aromatic N) is 4. The zero-order valence-corrected chi connectivity index (χ0v) is 24.2. The molecular formula is C30H24N4O6S2. The van der Waals surface area contributed by atoms with Crippen LogP contribution in [0.1, 0.15) is 39.4 Å². The standard InChI is InChI=1S/C30H24N4O6S2/c1-18(35)20-5-9-22(10-6-20)32-25-13-15-42-29(25)17-40-28(38)30(29)33(23-11-7-21(8-12-23)19(2)36)31-26(34(30)32)27(37)39-16-24-4-3-14-41-24/h3-15,25H,16-17H2,1-2H3/t25-,29+,30?/m1/s1. The monoisotopic (exact) mass is 600 g/mol. The third kappa shape index (κ3) is 3.54. The van der Waals surface area contributed by atoms with Crippen LogP contribution in [0.5, 0.6) is 0 Å². The summed E-state index contributed by atoms with van der Waals surface area (Å²) < 4.78 is 10.6. The maximum absolute atomic E-state index is 14.1. The molecule has 2 fully saturated rings. The minimum absolute atomic E-state index is 0.0463. The van der Waals surface area contributed by atoms with E-state index in [-0.39, 0.29) is 30.6 Å². The van der Waals surface area contributed by atoms with Gasteiger partial charge in [-0.15, -0.1) is 28.2 Å². The third-order valence-electron chi connectivity index (χ3n) is 7.96. The molecule has 42 heavy (non-hydrogen) atoms. The number of thiophene rings is 1. The molecule has 1 unspecified atom stereocenters. The van der Waals surface area contributed by atoms with Crippen LogP contribution in [0.4, 0.5) is 11.4 Å². The fourth-order valence-electron chi connectivity index (χ4n) is 5.99. The molecule has 4 aliphatic heterocycles. The number of Topliss-reactive ketones (excluding diaryl/α,β-unsaturated/α-hetero) is 2. The molecule has 0 amide bonds. The highest BCUT2D eigenvalue weighted by Crippen LogP contribution is 2.63. The molecule has 0 saturated carbocycles. The maximum Gasteiger partial charge on any atom is 0.378 e. The smallest absolute Gasteiger partial charge is 0.378 e. The zero-order chi connectivity index (χ0) is 29.2. The molecule has 1 aromatic heterocycles. The van der Waals surface area contributed by atoms with Crippen molar-refractivity contribution in [1.82, 2.24) is 5.01 Å². The number of hydrogen-bond acceptors (Lipinski definition) is 12. The molecule has 3 atom stereocenters. The number of hydrazine groups is 1. The first kappa shape index (κ1) is 26.5. The predicted molar refractivity (Wildman–Crippen MR) is 158 cm³/mol. The van der Waals surface area contributed by atoms with Gasteiger partial charge in [-0.3, -0.25) is 14.6 Å². The van der Waals surface area contributed by atoms with E-state index in [2.05, 4.69) is 0 Å². The van der Waals surface area contributed by atoms with Crippen LogP contribution in [0.3, 0.4) is 0 Å². The molecule has 0 radical (unpaired) electrons. The van der Waals surface area contributed by atoms with Gasteiger partial charge in [0.05, 0.1) is 17.4 Å². The van der Waals surface area contributed by atoms with Crippen LogP contribution in [-0.2, 0) is 25.7 Å². The van der Waals surface area contributed by atoms with Crippen molar-refractivity contribution in [1.29, 1.82) is 0 Å². The van der Waals surface area contributed by atoms with Gasteiger partial charge in [-0.2, -0.15) is 0 Å². The molecular weight excluding hydrogens is 576 g/mol. The molecule has 0 N–H and O–H groups in total. The summed E-state index contributed by atoms with van der Waals surface area (Å²) in [6, 6.07) is 17.1. The van der Waals surface area contributed by atoms with Gasteiger partial charge in [0.25, 0.3) is 11.5 Å². The Hall–Kier alpha value is -4.42. The minimum atomic E-state index is -1.58. The van der Waals surface area contributed by atoms with E-state index in [1.54, 1.807) is 53.5 Å². The molecule has 2 spiro atoms. The van der Waals surface area contributed by atoms with Gasteiger partial charge in [0, 0.05) is 16.0 Å². The average Bonchev–Trinajstić information content (AvgIpc) is 3.80. The van der Waals surface area contributed by atoms with Gasteiger partial charge < -0.3 is 9.47 Å². The second-order valence-corrected chi connectivity index (χ2v) is 12.6. The number of rotatable bonds is 7. The van der Waals surface area contributed by atoms with Gasteiger partial charge in [0.2, 0.25) is 0 Å². The van der Waals surface area contributed by atoms with Gasteiger partial charge >= 0.3 is 11.9 Å². The van der Waals surface area contributed by atoms with E-state index in [9.17, 15) is 19.2 Å². The van der Waals surface area contributed by atoms with E-state index in [4.69, 9.17) is 14.6 Å². The fraction of sp³-hybridized carbons (Fsp3) is 0.233. The van der Waals surface area contributed by atoms with Gasteiger partial charge in [-0.25, -0.2) is 19.6 Å². The number of esters is 2. The number of hydrazone groups is 1. The lowest BCUT2D eigenvalue weighted by Gasteiger charge is -2.40. The van der Waals surface area contributed by atoms with Gasteiger partial charge in [0.1, 0.15) is 18.0 Å². The van der Waals surface area contributed by atoms with E-state index in [1.165, 1.54) is 42.0 Å². The number of carbonyl (C=O) groups is 4. The molecule has 0 bridgehead atoms. The van der Waals surface area contributed by atoms with Gasteiger partial charge in [-0.1, -0.05) is 12.1 Å². The molecule has 3 aromatic rings.